The smallest absolute Gasteiger partial charge is 0.0856 e. The molecule has 0 aliphatic rings. The van der Waals surface area contributed by atoms with Gasteiger partial charge < -0.3 is 5.32 Å². The van der Waals surface area contributed by atoms with E-state index >= 15 is 0 Å². The molecular weight excluding hydrogens is 188 g/mol. The van der Waals surface area contributed by atoms with Gasteiger partial charge in [-0.1, -0.05) is 18.2 Å². The van der Waals surface area contributed by atoms with Gasteiger partial charge in [-0.3, -0.25) is 0 Å². The lowest BCUT2D eigenvalue weighted by atomic mass is 10.3. The summed E-state index contributed by atoms with van der Waals surface area (Å²) in [5.41, 5.74) is 0.947. The van der Waals surface area contributed by atoms with Gasteiger partial charge in [0.15, 0.2) is 0 Å². The number of nitrogens with one attached hydrogen (secondary N) is 1. The van der Waals surface area contributed by atoms with Gasteiger partial charge in [0.2, 0.25) is 0 Å². The van der Waals surface area contributed by atoms with E-state index in [1.165, 1.54) is 0 Å². The molecule has 1 N–H and O–H groups in total. The Labute approximate surface area is 90.3 Å². The predicted molar refractivity (Wildman–Crippen MR) is 65.5 cm³/mol. The first-order chi connectivity index (χ1) is 7.38. The van der Waals surface area contributed by atoms with Crippen LogP contribution in [0.15, 0.2) is 40.5 Å². The number of nitrogens with zero attached hydrogens (tertiary/aromatic N) is 3. The molecule has 1 aromatic carbocycles. The molecule has 0 spiro atoms. The highest BCUT2D eigenvalue weighted by molar-refractivity contribution is 5.63. The van der Waals surface area contributed by atoms with Crippen molar-refractivity contribution in [3.05, 3.63) is 30.3 Å². The summed E-state index contributed by atoms with van der Waals surface area (Å²) in [5, 5.41) is 13.0. The third kappa shape index (κ3) is 3.91. The van der Waals surface area contributed by atoms with Crippen LogP contribution >= 0.6 is 0 Å². The van der Waals surface area contributed by atoms with E-state index in [0.717, 1.165) is 12.2 Å². The average molecular weight is 204 g/mol. The van der Waals surface area contributed by atoms with Crippen LogP contribution in [-0.2, 0) is 0 Å². The maximum Gasteiger partial charge on any atom is 0.0856 e. The Hall–Kier alpha value is -1.68. The van der Waals surface area contributed by atoms with Crippen molar-refractivity contribution >= 4 is 18.1 Å². The lowest BCUT2D eigenvalue weighted by Crippen LogP contribution is -2.13. The second kappa shape index (κ2) is 6.73. The van der Waals surface area contributed by atoms with Crippen LogP contribution in [-0.4, -0.2) is 26.0 Å². The molecule has 4 heteroatoms. The van der Waals surface area contributed by atoms with E-state index in [1.807, 2.05) is 44.3 Å². The average Bonchev–Trinajstić information content (AvgIpc) is 2.29. The van der Waals surface area contributed by atoms with Crippen LogP contribution in [0.1, 0.15) is 6.92 Å². The van der Waals surface area contributed by atoms with E-state index in [-0.39, 0.29) is 0 Å². The molecule has 4 nitrogen and oxygen atoms in total. The Balaban J connectivity index is 2.74. The topological polar surface area (TPSA) is 40.0 Å². The SMILES string of the molecule is C/C=N\N(/N=C/CNC)c1ccccc1. The molecule has 0 saturated heterocycles. The minimum atomic E-state index is 0.725. The number of hydrogen-bond acceptors (Lipinski definition) is 4. The summed E-state index contributed by atoms with van der Waals surface area (Å²) in [4.78, 5) is 0. The quantitative estimate of drug-likeness (QED) is 0.586. The first-order valence-electron chi connectivity index (χ1n) is 4.89. The van der Waals surface area contributed by atoms with Crippen molar-refractivity contribution in [1.29, 1.82) is 0 Å². The number of hydrazone groups is 2. The highest BCUT2D eigenvalue weighted by Crippen LogP contribution is 2.13. The van der Waals surface area contributed by atoms with Crippen molar-refractivity contribution < 1.29 is 0 Å². The molecule has 0 radical (unpaired) electrons. The standard InChI is InChI=1S/C11H16N4/c1-3-13-15(14-10-9-12-2)11-7-5-4-6-8-11/h3-8,10,12H,9H2,1-2H3/b13-3-,14-10+. The summed E-state index contributed by atoms with van der Waals surface area (Å²) < 4.78 is 0. The zero-order chi connectivity index (χ0) is 10.9. The highest BCUT2D eigenvalue weighted by Gasteiger charge is 1.98. The second-order valence-corrected chi connectivity index (χ2v) is 2.85. The van der Waals surface area contributed by atoms with Crippen LogP contribution in [0.2, 0.25) is 0 Å². The molecular formula is C11H16N4. The van der Waals surface area contributed by atoms with Crippen LogP contribution < -0.4 is 10.4 Å². The van der Waals surface area contributed by atoms with Gasteiger partial charge in [-0.2, -0.15) is 15.3 Å². The Morgan fingerprint density at radius 2 is 2.00 bits per heavy atom. The fourth-order valence-electron chi connectivity index (χ4n) is 1.04. The van der Waals surface area contributed by atoms with Crippen molar-refractivity contribution in [1.82, 2.24) is 5.32 Å². The third-order valence-electron chi connectivity index (χ3n) is 1.70. The Morgan fingerprint density at radius 3 is 2.60 bits per heavy atom. The van der Waals surface area contributed by atoms with Crippen LogP contribution in [0.3, 0.4) is 0 Å². The Morgan fingerprint density at radius 1 is 1.27 bits per heavy atom. The molecule has 0 bridgehead atoms. The van der Waals surface area contributed by atoms with E-state index in [0.29, 0.717) is 0 Å². The van der Waals surface area contributed by atoms with Crippen molar-refractivity contribution in [3.8, 4) is 0 Å². The molecule has 0 saturated carbocycles. The summed E-state index contributed by atoms with van der Waals surface area (Å²) in [6.07, 6.45) is 3.49. The molecule has 1 rings (SSSR count). The largest absolute Gasteiger partial charge is 0.315 e. The first-order valence-corrected chi connectivity index (χ1v) is 4.89. The number of hydrogen-bond donors (Lipinski definition) is 1. The fraction of sp³-hybridized carbons (Fsp3) is 0.273. The van der Waals surface area contributed by atoms with Crippen LogP contribution in [0.4, 0.5) is 5.69 Å². The minimum Gasteiger partial charge on any atom is -0.315 e. The molecule has 0 fully saturated rings. The van der Waals surface area contributed by atoms with E-state index in [1.54, 1.807) is 17.5 Å². The number of rotatable bonds is 5. The third-order valence-corrected chi connectivity index (χ3v) is 1.70. The molecule has 0 heterocycles. The maximum absolute atomic E-state index is 4.22. The fourth-order valence-corrected chi connectivity index (χ4v) is 1.04. The molecule has 80 valence electrons. The zero-order valence-electron chi connectivity index (χ0n) is 9.09. The number of benzene rings is 1. The molecule has 15 heavy (non-hydrogen) atoms. The first kappa shape index (κ1) is 11.4. The summed E-state index contributed by atoms with van der Waals surface area (Å²) in [7, 11) is 1.88. The Kier molecular flexibility index (Phi) is 5.11. The summed E-state index contributed by atoms with van der Waals surface area (Å²) >= 11 is 0. The summed E-state index contributed by atoms with van der Waals surface area (Å²) in [6.45, 7) is 2.59. The molecule has 0 amide bonds. The van der Waals surface area contributed by atoms with Gasteiger partial charge in [0.1, 0.15) is 0 Å². The van der Waals surface area contributed by atoms with E-state index in [2.05, 4.69) is 15.5 Å². The molecule has 0 aromatic heterocycles. The summed E-state index contributed by atoms with van der Waals surface area (Å²) in [5.74, 6) is 0. The monoisotopic (exact) mass is 204 g/mol. The lowest BCUT2D eigenvalue weighted by Gasteiger charge is -2.11. The number of para-hydroxylation sites is 1. The molecule has 0 aliphatic heterocycles. The molecule has 0 unspecified atom stereocenters. The molecule has 0 atom stereocenters. The Bertz CT molecular complexity index is 319. The van der Waals surface area contributed by atoms with Crippen LogP contribution in [0, 0.1) is 0 Å². The predicted octanol–water partition coefficient (Wildman–Crippen LogP) is 1.70. The van der Waals surface area contributed by atoms with Gasteiger partial charge in [-0.15, -0.1) is 0 Å². The lowest BCUT2D eigenvalue weighted by molar-refractivity contribution is 0.908. The second-order valence-electron chi connectivity index (χ2n) is 2.85. The summed E-state index contributed by atoms with van der Waals surface area (Å²) in [6, 6.07) is 9.81. The van der Waals surface area contributed by atoms with Gasteiger partial charge in [-0.05, 0) is 26.1 Å². The van der Waals surface area contributed by atoms with Crippen LogP contribution in [0.5, 0.6) is 0 Å². The number of anilines is 1. The molecule has 0 aliphatic carbocycles. The zero-order valence-corrected chi connectivity index (χ0v) is 9.09. The highest BCUT2D eigenvalue weighted by atomic mass is 15.7. The van der Waals surface area contributed by atoms with Crippen molar-refractivity contribution in [2.45, 2.75) is 6.92 Å². The van der Waals surface area contributed by atoms with E-state index in [9.17, 15) is 0 Å². The van der Waals surface area contributed by atoms with Crippen LogP contribution in [0.25, 0.3) is 0 Å². The van der Waals surface area contributed by atoms with E-state index < -0.39 is 0 Å². The van der Waals surface area contributed by atoms with E-state index in [4.69, 9.17) is 0 Å². The van der Waals surface area contributed by atoms with Crippen molar-refractivity contribution in [2.24, 2.45) is 10.2 Å². The normalized spacial score (nSPS) is 11.3. The minimum absolute atomic E-state index is 0.725. The van der Waals surface area contributed by atoms with Gasteiger partial charge in [-0.25, -0.2) is 0 Å². The van der Waals surface area contributed by atoms with Gasteiger partial charge >= 0.3 is 0 Å². The van der Waals surface area contributed by atoms with Crippen molar-refractivity contribution in [3.63, 3.8) is 0 Å². The van der Waals surface area contributed by atoms with Gasteiger partial charge in [0.05, 0.1) is 5.69 Å². The molecule has 1 aromatic rings. The van der Waals surface area contributed by atoms with Gasteiger partial charge in [0, 0.05) is 19.0 Å². The maximum atomic E-state index is 4.22. The van der Waals surface area contributed by atoms with Gasteiger partial charge in [0.25, 0.3) is 0 Å². The van der Waals surface area contributed by atoms with Crippen molar-refractivity contribution in [2.75, 3.05) is 18.7 Å².